The topological polar surface area (TPSA) is 46.0 Å². The normalized spacial score (nSPS) is 12.5. The van der Waals surface area contributed by atoms with Crippen LogP contribution in [0.15, 0.2) is 35.1 Å². The van der Waals surface area contributed by atoms with Crippen molar-refractivity contribution >= 4 is 15.9 Å². The van der Waals surface area contributed by atoms with E-state index in [2.05, 4.69) is 25.9 Å². The lowest BCUT2D eigenvalue weighted by Crippen LogP contribution is -2.06. The number of rotatable bonds is 2. The summed E-state index contributed by atoms with van der Waals surface area (Å²) in [4.78, 5) is 8.05. The van der Waals surface area contributed by atoms with Crippen molar-refractivity contribution in [1.82, 2.24) is 9.97 Å². The molecule has 17 heavy (non-hydrogen) atoms. The zero-order valence-corrected chi connectivity index (χ0v) is 10.6. The molecule has 0 aliphatic carbocycles. The van der Waals surface area contributed by atoms with E-state index in [-0.39, 0.29) is 5.56 Å². The van der Waals surface area contributed by atoms with Crippen molar-refractivity contribution in [2.75, 3.05) is 0 Å². The second-order valence-corrected chi connectivity index (χ2v) is 4.48. The number of hydrogen-bond acceptors (Lipinski definition) is 3. The van der Waals surface area contributed by atoms with E-state index in [0.29, 0.717) is 10.2 Å². The van der Waals surface area contributed by atoms with Gasteiger partial charge in [0.2, 0.25) is 0 Å². The van der Waals surface area contributed by atoms with Gasteiger partial charge in [-0.25, -0.2) is 4.39 Å². The monoisotopic (exact) mass is 296 g/mol. The summed E-state index contributed by atoms with van der Waals surface area (Å²) in [7, 11) is 0. The van der Waals surface area contributed by atoms with E-state index >= 15 is 0 Å². The first-order chi connectivity index (χ1) is 8.09. The van der Waals surface area contributed by atoms with Crippen LogP contribution >= 0.6 is 15.9 Å². The van der Waals surface area contributed by atoms with Crippen LogP contribution in [0.4, 0.5) is 4.39 Å². The number of hydrogen-bond donors (Lipinski definition) is 1. The maximum atomic E-state index is 13.8. The van der Waals surface area contributed by atoms with E-state index < -0.39 is 11.9 Å². The Bertz CT molecular complexity index is 531. The molecule has 0 aliphatic rings. The minimum absolute atomic E-state index is 0.178. The highest BCUT2D eigenvalue weighted by molar-refractivity contribution is 9.10. The van der Waals surface area contributed by atoms with Gasteiger partial charge in [0.05, 0.1) is 22.1 Å². The first kappa shape index (κ1) is 12.1. The number of aliphatic hydroxyl groups excluding tert-OH is 1. The number of aromatic nitrogens is 2. The van der Waals surface area contributed by atoms with Gasteiger partial charge in [0.1, 0.15) is 11.9 Å². The third-order valence-corrected chi connectivity index (χ3v) is 2.97. The first-order valence-electron chi connectivity index (χ1n) is 5.00. The second kappa shape index (κ2) is 4.89. The van der Waals surface area contributed by atoms with Crippen LogP contribution in [0.5, 0.6) is 0 Å². The van der Waals surface area contributed by atoms with Gasteiger partial charge in [-0.05, 0) is 28.9 Å². The smallest absolute Gasteiger partial charge is 0.143 e. The van der Waals surface area contributed by atoms with Crippen LogP contribution in [0.25, 0.3) is 0 Å². The summed E-state index contributed by atoms with van der Waals surface area (Å²) < 4.78 is 14.1. The van der Waals surface area contributed by atoms with Gasteiger partial charge in [0, 0.05) is 11.8 Å². The molecule has 2 rings (SSSR count). The molecule has 3 nitrogen and oxygen atoms in total. The van der Waals surface area contributed by atoms with Crippen LogP contribution in [0.3, 0.4) is 0 Å². The van der Waals surface area contributed by atoms with Crippen LogP contribution < -0.4 is 0 Å². The highest BCUT2D eigenvalue weighted by atomic mass is 79.9. The molecule has 0 saturated heterocycles. The Hall–Kier alpha value is -1.33. The first-order valence-corrected chi connectivity index (χ1v) is 5.79. The maximum absolute atomic E-state index is 13.8. The molecule has 1 atom stereocenters. The number of aryl methyl sites for hydroxylation is 1. The SMILES string of the molecule is Cc1cnc(C(O)c2cccc(Br)c2F)cn1. The molecule has 0 radical (unpaired) electrons. The molecule has 1 unspecified atom stereocenters. The van der Waals surface area contributed by atoms with Gasteiger partial charge < -0.3 is 5.11 Å². The van der Waals surface area contributed by atoms with E-state index in [4.69, 9.17) is 0 Å². The van der Waals surface area contributed by atoms with Crippen LogP contribution in [0.1, 0.15) is 23.1 Å². The largest absolute Gasteiger partial charge is 0.382 e. The highest BCUT2D eigenvalue weighted by Gasteiger charge is 2.17. The second-order valence-electron chi connectivity index (χ2n) is 3.63. The molecule has 0 spiro atoms. The van der Waals surface area contributed by atoms with E-state index in [1.165, 1.54) is 18.5 Å². The highest BCUT2D eigenvalue weighted by Crippen LogP contribution is 2.26. The fraction of sp³-hybridized carbons (Fsp3) is 0.167. The van der Waals surface area contributed by atoms with Gasteiger partial charge in [0.25, 0.3) is 0 Å². The van der Waals surface area contributed by atoms with Gasteiger partial charge in [-0.2, -0.15) is 0 Å². The quantitative estimate of drug-likeness (QED) is 0.927. The lowest BCUT2D eigenvalue weighted by molar-refractivity contribution is 0.209. The third kappa shape index (κ3) is 2.50. The Morgan fingerprint density at radius 3 is 2.71 bits per heavy atom. The van der Waals surface area contributed by atoms with Crippen LogP contribution in [-0.4, -0.2) is 15.1 Å². The van der Waals surface area contributed by atoms with Crippen molar-refractivity contribution in [2.45, 2.75) is 13.0 Å². The Balaban J connectivity index is 2.40. The van der Waals surface area contributed by atoms with Crippen molar-refractivity contribution in [1.29, 1.82) is 0 Å². The molecule has 1 heterocycles. The number of benzene rings is 1. The number of halogens is 2. The van der Waals surface area contributed by atoms with Crippen molar-refractivity contribution in [3.63, 3.8) is 0 Å². The predicted octanol–water partition coefficient (Wildman–Crippen LogP) is 2.77. The van der Waals surface area contributed by atoms with E-state index in [9.17, 15) is 9.50 Å². The summed E-state index contributed by atoms with van der Waals surface area (Å²) in [5.74, 6) is -0.484. The Kier molecular flexibility index (Phi) is 3.49. The van der Waals surface area contributed by atoms with Crippen molar-refractivity contribution < 1.29 is 9.50 Å². The summed E-state index contributed by atoms with van der Waals surface area (Å²) in [6, 6.07) is 4.76. The van der Waals surface area contributed by atoms with Gasteiger partial charge in [-0.1, -0.05) is 12.1 Å². The molecule has 1 N–H and O–H groups in total. The lowest BCUT2D eigenvalue weighted by atomic mass is 10.1. The summed E-state index contributed by atoms with van der Waals surface area (Å²) in [5.41, 5.74) is 1.25. The lowest BCUT2D eigenvalue weighted by Gasteiger charge is -2.11. The van der Waals surface area contributed by atoms with Crippen molar-refractivity contribution in [2.24, 2.45) is 0 Å². The molecule has 1 aromatic carbocycles. The molecule has 0 aliphatic heterocycles. The average Bonchev–Trinajstić information content (AvgIpc) is 2.33. The minimum Gasteiger partial charge on any atom is -0.382 e. The van der Waals surface area contributed by atoms with Gasteiger partial charge in [-0.15, -0.1) is 0 Å². The van der Waals surface area contributed by atoms with Gasteiger partial charge >= 0.3 is 0 Å². The molecular weight excluding hydrogens is 287 g/mol. The molecule has 0 amide bonds. The number of aliphatic hydroxyl groups is 1. The summed E-state index contributed by atoms with van der Waals surface area (Å²) in [6.45, 7) is 1.79. The zero-order chi connectivity index (χ0) is 12.4. The maximum Gasteiger partial charge on any atom is 0.143 e. The summed E-state index contributed by atoms with van der Waals surface area (Å²) in [5, 5.41) is 10.0. The third-order valence-electron chi connectivity index (χ3n) is 2.36. The predicted molar refractivity (Wildman–Crippen MR) is 64.9 cm³/mol. The van der Waals surface area contributed by atoms with Crippen LogP contribution in [-0.2, 0) is 0 Å². The van der Waals surface area contributed by atoms with Crippen molar-refractivity contribution in [3.8, 4) is 0 Å². The Morgan fingerprint density at radius 1 is 1.29 bits per heavy atom. The molecular formula is C12H10BrFN2O. The Morgan fingerprint density at radius 2 is 2.06 bits per heavy atom. The number of nitrogens with zero attached hydrogens (tertiary/aromatic N) is 2. The molecule has 0 bridgehead atoms. The standard InChI is InChI=1S/C12H10BrFN2O/c1-7-5-16-10(6-15-7)12(17)8-3-2-4-9(13)11(8)14/h2-6,12,17H,1H3. The molecule has 2 aromatic rings. The van der Waals surface area contributed by atoms with Crippen LogP contribution in [0.2, 0.25) is 0 Å². The van der Waals surface area contributed by atoms with Crippen LogP contribution in [0, 0.1) is 12.7 Å². The Labute approximate surface area is 106 Å². The van der Waals surface area contributed by atoms with E-state index in [1.54, 1.807) is 19.1 Å². The fourth-order valence-electron chi connectivity index (χ4n) is 1.43. The molecule has 88 valence electrons. The zero-order valence-electron chi connectivity index (χ0n) is 9.06. The van der Waals surface area contributed by atoms with E-state index in [0.717, 1.165) is 5.69 Å². The molecule has 0 saturated carbocycles. The van der Waals surface area contributed by atoms with Crippen molar-refractivity contribution in [3.05, 3.63) is 57.8 Å². The minimum atomic E-state index is -1.11. The molecule has 1 aromatic heterocycles. The fourth-order valence-corrected chi connectivity index (χ4v) is 1.82. The average molecular weight is 297 g/mol. The van der Waals surface area contributed by atoms with E-state index in [1.807, 2.05) is 0 Å². The summed E-state index contributed by atoms with van der Waals surface area (Å²) in [6.07, 6.45) is 1.87. The van der Waals surface area contributed by atoms with Gasteiger partial charge in [0.15, 0.2) is 0 Å². The molecule has 5 heteroatoms. The molecule has 0 fully saturated rings. The summed E-state index contributed by atoms with van der Waals surface area (Å²) >= 11 is 3.08. The van der Waals surface area contributed by atoms with Gasteiger partial charge in [-0.3, -0.25) is 9.97 Å².